The van der Waals surface area contributed by atoms with E-state index in [1.54, 1.807) is 0 Å². The van der Waals surface area contributed by atoms with Crippen molar-refractivity contribution in [3.05, 3.63) is 11.6 Å². The van der Waals surface area contributed by atoms with Gasteiger partial charge in [0, 0.05) is 12.3 Å². The molecular weight excluding hydrogens is 316 g/mol. The van der Waals surface area contributed by atoms with E-state index in [0.29, 0.717) is 0 Å². The second-order valence-corrected chi connectivity index (χ2v) is 13.6. The van der Waals surface area contributed by atoms with Crippen molar-refractivity contribution in [3.63, 3.8) is 0 Å². The summed E-state index contributed by atoms with van der Waals surface area (Å²) in [5, 5.41) is 10.5. The number of ketones is 1. The van der Waals surface area contributed by atoms with Crippen LogP contribution in [0, 0.1) is 5.92 Å². The highest BCUT2D eigenvalue weighted by Gasteiger charge is 2.40. The summed E-state index contributed by atoms with van der Waals surface area (Å²) in [5.74, 6) is -0.0394. The number of allylic oxidation sites excluding steroid dienone is 1. The smallest absolute Gasteiger partial charge is 0.192 e. The van der Waals surface area contributed by atoms with Crippen LogP contribution in [0.3, 0.4) is 0 Å². The standard InChI is InChI=1S/C20H38O3Si/c1-8-19(23-24(6,7)20(3,4)5)15(2)17(21)14-18(22)16-12-10-9-11-13-16/h12,15,18-19,22H,8-11,13-14H2,1-7H3/t15-,18+,19-/m0/s1. The maximum atomic E-state index is 12.7. The normalized spacial score (nSPS) is 20.2. The van der Waals surface area contributed by atoms with E-state index in [0.717, 1.165) is 31.3 Å². The fourth-order valence-electron chi connectivity index (χ4n) is 2.97. The third-order valence-electron chi connectivity index (χ3n) is 5.87. The summed E-state index contributed by atoms with van der Waals surface area (Å²) in [6.07, 6.45) is 6.80. The number of aliphatic hydroxyl groups is 1. The monoisotopic (exact) mass is 354 g/mol. The molecule has 0 unspecified atom stereocenters. The molecule has 3 nitrogen and oxygen atoms in total. The van der Waals surface area contributed by atoms with Gasteiger partial charge in [-0.05, 0) is 55.8 Å². The Hall–Kier alpha value is -0.453. The molecule has 0 aromatic rings. The molecule has 0 fully saturated rings. The second-order valence-electron chi connectivity index (χ2n) is 8.82. The first-order valence-corrected chi connectivity index (χ1v) is 12.5. The van der Waals surface area contributed by atoms with Crippen molar-refractivity contribution in [2.24, 2.45) is 5.92 Å². The number of hydrogen-bond donors (Lipinski definition) is 1. The zero-order chi connectivity index (χ0) is 18.5. The molecule has 0 aromatic carbocycles. The van der Waals surface area contributed by atoms with Crippen molar-refractivity contribution in [2.45, 2.75) is 103 Å². The van der Waals surface area contributed by atoms with Gasteiger partial charge in [-0.15, -0.1) is 0 Å². The van der Waals surface area contributed by atoms with Crippen LogP contribution in [0.5, 0.6) is 0 Å². The van der Waals surface area contributed by atoms with Gasteiger partial charge in [0.15, 0.2) is 8.32 Å². The largest absolute Gasteiger partial charge is 0.413 e. The zero-order valence-electron chi connectivity index (χ0n) is 16.8. The van der Waals surface area contributed by atoms with Gasteiger partial charge < -0.3 is 9.53 Å². The lowest BCUT2D eigenvalue weighted by molar-refractivity contribution is -0.126. The topological polar surface area (TPSA) is 46.5 Å². The lowest BCUT2D eigenvalue weighted by atomic mass is 9.89. The van der Waals surface area contributed by atoms with E-state index < -0.39 is 14.4 Å². The van der Waals surface area contributed by atoms with Crippen LogP contribution in [-0.4, -0.2) is 31.4 Å². The quantitative estimate of drug-likeness (QED) is 0.479. The highest BCUT2D eigenvalue weighted by molar-refractivity contribution is 6.74. The van der Waals surface area contributed by atoms with Crippen LogP contribution >= 0.6 is 0 Å². The number of hydrogen-bond acceptors (Lipinski definition) is 3. The van der Waals surface area contributed by atoms with Gasteiger partial charge in [-0.2, -0.15) is 0 Å². The number of rotatable bonds is 8. The molecule has 0 spiro atoms. The molecule has 0 amide bonds. The van der Waals surface area contributed by atoms with Crippen LogP contribution in [0.1, 0.15) is 73.1 Å². The van der Waals surface area contributed by atoms with E-state index in [9.17, 15) is 9.90 Å². The summed E-state index contributed by atoms with van der Waals surface area (Å²) in [7, 11) is -1.90. The molecule has 1 aliphatic rings. The first kappa shape index (κ1) is 21.6. The van der Waals surface area contributed by atoms with Gasteiger partial charge >= 0.3 is 0 Å². The molecular formula is C20H38O3Si. The number of aliphatic hydroxyl groups excluding tert-OH is 1. The minimum absolute atomic E-state index is 0.0501. The van der Waals surface area contributed by atoms with Crippen LogP contribution in [0.4, 0.5) is 0 Å². The Bertz CT molecular complexity index is 448. The Balaban J connectivity index is 2.69. The Morgan fingerprint density at radius 1 is 1.33 bits per heavy atom. The number of Topliss-reactive ketones (excluding diaryl/α,β-unsaturated/α-hetero) is 1. The first-order valence-electron chi connectivity index (χ1n) is 9.57. The summed E-state index contributed by atoms with van der Waals surface area (Å²) in [5.41, 5.74) is 1.06. The van der Waals surface area contributed by atoms with Crippen molar-refractivity contribution < 1.29 is 14.3 Å². The van der Waals surface area contributed by atoms with Gasteiger partial charge in [-0.1, -0.05) is 40.7 Å². The molecule has 0 aromatic heterocycles. The van der Waals surface area contributed by atoms with Crippen molar-refractivity contribution in [1.82, 2.24) is 0 Å². The van der Waals surface area contributed by atoms with Gasteiger partial charge in [-0.25, -0.2) is 0 Å². The molecule has 3 atom stereocenters. The molecule has 0 aliphatic heterocycles. The van der Waals surface area contributed by atoms with Gasteiger partial charge in [0.25, 0.3) is 0 Å². The highest BCUT2D eigenvalue weighted by atomic mass is 28.4. The Morgan fingerprint density at radius 2 is 1.96 bits per heavy atom. The molecule has 0 radical (unpaired) electrons. The summed E-state index contributed by atoms with van der Waals surface area (Å²) >= 11 is 0. The Labute approximate surface area is 150 Å². The molecule has 0 bridgehead atoms. The Kier molecular flexibility index (Phi) is 7.89. The van der Waals surface area contributed by atoms with E-state index in [2.05, 4.69) is 46.9 Å². The lowest BCUT2D eigenvalue weighted by Crippen LogP contribution is -2.46. The lowest BCUT2D eigenvalue weighted by Gasteiger charge is -2.40. The van der Waals surface area contributed by atoms with E-state index in [4.69, 9.17) is 4.43 Å². The van der Waals surface area contributed by atoms with Crippen LogP contribution in [0.25, 0.3) is 0 Å². The fraction of sp³-hybridized carbons (Fsp3) is 0.850. The van der Waals surface area contributed by atoms with Crippen LogP contribution in [0.2, 0.25) is 18.1 Å². The van der Waals surface area contributed by atoms with Crippen molar-refractivity contribution >= 4 is 14.1 Å². The maximum absolute atomic E-state index is 12.7. The van der Waals surface area contributed by atoms with Crippen molar-refractivity contribution in [1.29, 1.82) is 0 Å². The van der Waals surface area contributed by atoms with Gasteiger partial charge in [0.2, 0.25) is 0 Å². The molecule has 1 aliphatic carbocycles. The maximum Gasteiger partial charge on any atom is 0.192 e. The minimum atomic E-state index is -1.90. The van der Waals surface area contributed by atoms with Crippen LogP contribution < -0.4 is 0 Å². The van der Waals surface area contributed by atoms with Crippen LogP contribution in [0.15, 0.2) is 11.6 Å². The van der Waals surface area contributed by atoms with E-state index in [1.165, 1.54) is 6.42 Å². The molecule has 0 saturated heterocycles. The van der Waals surface area contributed by atoms with Gasteiger partial charge in [0.1, 0.15) is 5.78 Å². The van der Waals surface area contributed by atoms with E-state index in [1.807, 2.05) is 6.92 Å². The van der Waals surface area contributed by atoms with Crippen molar-refractivity contribution in [3.8, 4) is 0 Å². The third kappa shape index (κ3) is 5.82. The highest BCUT2D eigenvalue weighted by Crippen LogP contribution is 2.38. The molecule has 0 heterocycles. The van der Waals surface area contributed by atoms with E-state index in [-0.39, 0.29) is 29.3 Å². The van der Waals surface area contributed by atoms with Gasteiger partial charge in [-0.3, -0.25) is 4.79 Å². The van der Waals surface area contributed by atoms with Crippen LogP contribution in [-0.2, 0) is 9.22 Å². The summed E-state index contributed by atoms with van der Waals surface area (Å²) < 4.78 is 6.48. The molecule has 0 saturated carbocycles. The summed E-state index contributed by atoms with van der Waals surface area (Å²) in [4.78, 5) is 12.7. The first-order chi connectivity index (χ1) is 11.0. The average Bonchev–Trinajstić information content (AvgIpc) is 2.51. The summed E-state index contributed by atoms with van der Waals surface area (Å²) in [6.45, 7) is 15.2. The number of carbonyl (C=O) groups excluding carboxylic acids is 1. The predicted molar refractivity (Wildman–Crippen MR) is 104 cm³/mol. The summed E-state index contributed by atoms with van der Waals surface area (Å²) in [6, 6.07) is 0. The fourth-order valence-corrected chi connectivity index (χ4v) is 4.46. The number of carbonyl (C=O) groups is 1. The SMILES string of the molecule is CC[C@H](O[Si](C)(C)C(C)(C)C)[C@@H](C)C(=O)C[C@@H](O)C1=CCCCC1. The molecule has 24 heavy (non-hydrogen) atoms. The average molecular weight is 355 g/mol. The van der Waals surface area contributed by atoms with Crippen molar-refractivity contribution in [2.75, 3.05) is 0 Å². The second kappa shape index (κ2) is 8.77. The van der Waals surface area contributed by atoms with E-state index >= 15 is 0 Å². The molecule has 1 rings (SSSR count). The molecule has 1 N–H and O–H groups in total. The molecule has 4 heteroatoms. The van der Waals surface area contributed by atoms with Gasteiger partial charge in [0.05, 0.1) is 12.2 Å². The predicted octanol–water partition coefficient (Wildman–Crippen LogP) is 5.24. The molecule has 140 valence electrons. The zero-order valence-corrected chi connectivity index (χ0v) is 17.8. The Morgan fingerprint density at radius 3 is 2.42 bits per heavy atom. The third-order valence-corrected chi connectivity index (χ3v) is 10.4. The minimum Gasteiger partial charge on any atom is -0.413 e.